The molecule has 2 unspecified atom stereocenters. The quantitative estimate of drug-likeness (QED) is 0.213. The van der Waals surface area contributed by atoms with E-state index in [1.807, 2.05) is 6.92 Å². The van der Waals surface area contributed by atoms with Crippen molar-refractivity contribution in [3.63, 3.8) is 0 Å². The fourth-order valence-electron chi connectivity index (χ4n) is 4.41. The number of hydrogen-bond acceptors (Lipinski definition) is 0. The average Bonchev–Trinajstić information content (AvgIpc) is 2.64. The molecular weight excluding hydrogens is 312 g/mol. The molecule has 0 bridgehead atoms. The highest BCUT2D eigenvalue weighted by molar-refractivity contribution is 4.93. The molecule has 0 aromatic heterocycles. The number of unbranched alkanes of at least 4 members (excludes halogenated alkanes) is 6. The molecule has 1 aliphatic rings. The first-order valence-corrected chi connectivity index (χ1v) is 11.9. The lowest BCUT2D eigenvalue weighted by atomic mass is 9.74. The number of allylic oxidation sites excluding steroid dienone is 2. The topological polar surface area (TPSA) is 0 Å². The van der Waals surface area contributed by atoms with Gasteiger partial charge in [0.05, 0.1) is 0 Å². The van der Waals surface area contributed by atoms with Crippen LogP contribution in [0.3, 0.4) is 0 Å². The predicted molar refractivity (Wildman–Crippen MR) is 122 cm³/mol. The van der Waals surface area contributed by atoms with E-state index in [2.05, 4.69) is 27.0 Å². The Morgan fingerprint density at radius 1 is 0.769 bits per heavy atom. The van der Waals surface area contributed by atoms with Crippen LogP contribution >= 0.6 is 0 Å². The Hall–Kier alpha value is -0.520. The van der Waals surface area contributed by atoms with E-state index in [4.69, 9.17) is 0 Å². The maximum absolute atomic E-state index is 4.34. The Morgan fingerprint density at radius 2 is 1.23 bits per heavy atom. The van der Waals surface area contributed by atoms with Gasteiger partial charge in [-0.1, -0.05) is 109 Å². The third kappa shape index (κ3) is 14.6. The SMILES string of the molecule is C=C(CCCCCCCC)CCCC1CCCCC1CCCC.C=CC. The molecule has 0 heterocycles. The van der Waals surface area contributed by atoms with Crippen molar-refractivity contribution in [3.05, 3.63) is 24.8 Å². The molecule has 154 valence electrons. The smallest absolute Gasteiger partial charge is 0.0323 e. The van der Waals surface area contributed by atoms with Gasteiger partial charge >= 0.3 is 0 Å². The Labute approximate surface area is 166 Å². The molecule has 1 rings (SSSR count). The summed E-state index contributed by atoms with van der Waals surface area (Å²) in [5.74, 6) is 2.09. The van der Waals surface area contributed by atoms with Crippen LogP contribution in [0, 0.1) is 11.8 Å². The van der Waals surface area contributed by atoms with Gasteiger partial charge < -0.3 is 0 Å². The van der Waals surface area contributed by atoms with Gasteiger partial charge in [-0.05, 0) is 50.9 Å². The van der Waals surface area contributed by atoms with E-state index in [0.29, 0.717) is 0 Å². The zero-order valence-corrected chi connectivity index (χ0v) is 18.7. The second-order valence-electron chi connectivity index (χ2n) is 8.52. The summed E-state index contributed by atoms with van der Waals surface area (Å²) in [5, 5.41) is 0. The van der Waals surface area contributed by atoms with Gasteiger partial charge in [0, 0.05) is 0 Å². The summed E-state index contributed by atoms with van der Waals surface area (Å²) in [6, 6.07) is 0. The Kier molecular flexibility index (Phi) is 18.9. The van der Waals surface area contributed by atoms with Gasteiger partial charge in [-0.2, -0.15) is 0 Å². The molecular formula is C26H50. The Morgan fingerprint density at radius 3 is 1.81 bits per heavy atom. The van der Waals surface area contributed by atoms with E-state index < -0.39 is 0 Å². The van der Waals surface area contributed by atoms with E-state index in [9.17, 15) is 0 Å². The zero-order valence-electron chi connectivity index (χ0n) is 18.7. The highest BCUT2D eigenvalue weighted by Gasteiger charge is 2.23. The fourth-order valence-corrected chi connectivity index (χ4v) is 4.41. The van der Waals surface area contributed by atoms with Crippen LogP contribution < -0.4 is 0 Å². The molecule has 0 heteroatoms. The van der Waals surface area contributed by atoms with E-state index in [-0.39, 0.29) is 0 Å². The molecule has 0 aliphatic heterocycles. The van der Waals surface area contributed by atoms with Gasteiger partial charge in [0.1, 0.15) is 0 Å². The van der Waals surface area contributed by atoms with Crippen LogP contribution in [0.2, 0.25) is 0 Å². The van der Waals surface area contributed by atoms with Crippen LogP contribution in [0.5, 0.6) is 0 Å². The van der Waals surface area contributed by atoms with Crippen LogP contribution in [0.1, 0.15) is 130 Å². The minimum atomic E-state index is 1.04. The van der Waals surface area contributed by atoms with Crippen LogP contribution in [0.4, 0.5) is 0 Å². The standard InChI is InChI=1S/C23H44.C3H6/c1-4-6-8-9-10-11-15-21(3)16-14-20-23-19-13-12-18-22(23)17-7-5-2;1-3-2/h22-23H,3-20H2,1-2H3;3H,1H2,2H3. The van der Waals surface area contributed by atoms with Crippen LogP contribution in [0.25, 0.3) is 0 Å². The third-order valence-corrected chi connectivity index (χ3v) is 5.98. The fraction of sp³-hybridized carbons (Fsp3) is 0.846. The van der Waals surface area contributed by atoms with Crippen molar-refractivity contribution in [2.45, 2.75) is 130 Å². The minimum Gasteiger partial charge on any atom is -0.103 e. The van der Waals surface area contributed by atoms with E-state index in [1.165, 1.54) is 115 Å². The molecule has 0 nitrogen and oxygen atoms in total. The number of hydrogen-bond donors (Lipinski definition) is 0. The molecule has 0 radical (unpaired) electrons. The highest BCUT2D eigenvalue weighted by atomic mass is 14.3. The molecule has 1 saturated carbocycles. The molecule has 26 heavy (non-hydrogen) atoms. The van der Waals surface area contributed by atoms with Crippen LogP contribution in [-0.2, 0) is 0 Å². The summed E-state index contributed by atoms with van der Waals surface area (Å²) in [4.78, 5) is 0. The van der Waals surface area contributed by atoms with Gasteiger partial charge in [0.25, 0.3) is 0 Å². The lowest BCUT2D eigenvalue weighted by Gasteiger charge is -2.32. The Balaban J connectivity index is 0.00000194. The maximum atomic E-state index is 4.34. The van der Waals surface area contributed by atoms with Gasteiger partial charge in [-0.25, -0.2) is 0 Å². The molecule has 1 aliphatic carbocycles. The highest BCUT2D eigenvalue weighted by Crippen LogP contribution is 2.36. The first-order chi connectivity index (χ1) is 12.7. The average molecular weight is 363 g/mol. The van der Waals surface area contributed by atoms with Crippen molar-refractivity contribution in [1.82, 2.24) is 0 Å². The van der Waals surface area contributed by atoms with E-state index >= 15 is 0 Å². The molecule has 2 atom stereocenters. The summed E-state index contributed by atoms with van der Waals surface area (Å²) in [6.45, 7) is 14.2. The van der Waals surface area contributed by atoms with Crippen molar-refractivity contribution >= 4 is 0 Å². The van der Waals surface area contributed by atoms with Gasteiger partial charge in [-0.3, -0.25) is 0 Å². The molecule has 0 spiro atoms. The first kappa shape index (κ1) is 25.5. The first-order valence-electron chi connectivity index (χ1n) is 11.9. The molecule has 0 amide bonds. The van der Waals surface area contributed by atoms with Crippen molar-refractivity contribution < 1.29 is 0 Å². The van der Waals surface area contributed by atoms with Crippen LogP contribution in [0.15, 0.2) is 24.8 Å². The molecule has 0 saturated heterocycles. The van der Waals surface area contributed by atoms with Crippen molar-refractivity contribution in [1.29, 1.82) is 0 Å². The lowest BCUT2D eigenvalue weighted by Crippen LogP contribution is -2.19. The second kappa shape index (κ2) is 19.2. The van der Waals surface area contributed by atoms with Crippen LogP contribution in [-0.4, -0.2) is 0 Å². The number of rotatable bonds is 14. The molecule has 0 N–H and O–H groups in total. The van der Waals surface area contributed by atoms with Gasteiger partial charge in [-0.15, -0.1) is 6.58 Å². The van der Waals surface area contributed by atoms with Crippen molar-refractivity contribution in [2.24, 2.45) is 11.8 Å². The van der Waals surface area contributed by atoms with Crippen molar-refractivity contribution in [2.75, 3.05) is 0 Å². The van der Waals surface area contributed by atoms with E-state index in [1.54, 1.807) is 6.08 Å². The molecule has 1 fully saturated rings. The molecule has 0 aromatic carbocycles. The van der Waals surface area contributed by atoms with Gasteiger partial charge in [0.2, 0.25) is 0 Å². The largest absolute Gasteiger partial charge is 0.103 e. The zero-order chi connectivity index (χ0) is 19.5. The predicted octanol–water partition coefficient (Wildman–Crippen LogP) is 9.65. The van der Waals surface area contributed by atoms with Gasteiger partial charge in [0.15, 0.2) is 0 Å². The lowest BCUT2D eigenvalue weighted by molar-refractivity contribution is 0.204. The summed E-state index contributed by atoms with van der Waals surface area (Å²) in [7, 11) is 0. The monoisotopic (exact) mass is 362 g/mol. The summed E-state index contributed by atoms with van der Waals surface area (Å²) < 4.78 is 0. The van der Waals surface area contributed by atoms with E-state index in [0.717, 1.165) is 11.8 Å². The third-order valence-electron chi connectivity index (χ3n) is 5.98. The molecule has 0 aromatic rings. The summed E-state index contributed by atoms with van der Waals surface area (Å²) >= 11 is 0. The summed E-state index contributed by atoms with van der Waals surface area (Å²) in [6.07, 6.45) is 26.0. The maximum Gasteiger partial charge on any atom is -0.0323 e. The normalized spacial score (nSPS) is 19.5. The van der Waals surface area contributed by atoms with Crippen molar-refractivity contribution in [3.8, 4) is 0 Å². The Bertz CT molecular complexity index is 314. The minimum absolute atomic E-state index is 1.04. The second-order valence-corrected chi connectivity index (χ2v) is 8.52. The summed E-state index contributed by atoms with van der Waals surface area (Å²) in [5.41, 5.74) is 1.53.